The molecule has 82 valence electrons. The first-order chi connectivity index (χ1) is 7.81. The molecule has 0 atom stereocenters. The quantitative estimate of drug-likeness (QED) is 0.642. The summed E-state index contributed by atoms with van der Waals surface area (Å²) in [5, 5.41) is 16.8. The molecule has 3 rings (SSSR count). The van der Waals surface area contributed by atoms with Gasteiger partial charge in [0.05, 0.1) is 24.8 Å². The third-order valence-corrected chi connectivity index (χ3v) is 2.51. The van der Waals surface area contributed by atoms with Gasteiger partial charge in [0, 0.05) is 6.54 Å². The van der Waals surface area contributed by atoms with Crippen LogP contribution in [0.25, 0.3) is 16.8 Å². The van der Waals surface area contributed by atoms with E-state index in [1.165, 1.54) is 0 Å². The van der Waals surface area contributed by atoms with Crippen molar-refractivity contribution in [3.05, 3.63) is 18.2 Å². The maximum absolute atomic E-state index is 8.98. The van der Waals surface area contributed by atoms with E-state index in [9.17, 15) is 0 Å². The van der Waals surface area contributed by atoms with Crippen LogP contribution in [0, 0.1) is 6.92 Å². The number of imidazole rings is 1. The first-order valence-electron chi connectivity index (χ1n) is 4.94. The van der Waals surface area contributed by atoms with Crippen molar-refractivity contribution in [2.75, 3.05) is 6.61 Å². The van der Waals surface area contributed by atoms with Gasteiger partial charge in [0.25, 0.3) is 0 Å². The van der Waals surface area contributed by atoms with Crippen molar-refractivity contribution in [3.8, 4) is 0 Å². The number of aromatic nitrogens is 6. The van der Waals surface area contributed by atoms with Crippen LogP contribution in [0.15, 0.2) is 12.5 Å². The van der Waals surface area contributed by atoms with Crippen LogP contribution >= 0.6 is 0 Å². The van der Waals surface area contributed by atoms with Gasteiger partial charge in [-0.05, 0) is 6.92 Å². The Morgan fingerprint density at radius 2 is 2.31 bits per heavy atom. The van der Waals surface area contributed by atoms with E-state index in [-0.39, 0.29) is 6.61 Å². The second kappa shape index (κ2) is 3.24. The van der Waals surface area contributed by atoms with Crippen molar-refractivity contribution in [1.29, 1.82) is 0 Å². The summed E-state index contributed by atoms with van der Waals surface area (Å²) in [5.74, 6) is 0. The fourth-order valence-electron chi connectivity index (χ4n) is 1.81. The lowest BCUT2D eigenvalue weighted by atomic mass is 10.4. The molecule has 7 heteroatoms. The van der Waals surface area contributed by atoms with Gasteiger partial charge >= 0.3 is 0 Å². The zero-order chi connectivity index (χ0) is 11.1. The molecule has 0 unspecified atom stereocenters. The second-order valence-corrected chi connectivity index (χ2v) is 3.54. The van der Waals surface area contributed by atoms with Gasteiger partial charge in [-0.2, -0.15) is 4.52 Å². The first kappa shape index (κ1) is 9.22. The number of aliphatic hydroxyl groups is 1. The molecule has 0 aliphatic rings. The van der Waals surface area contributed by atoms with Crippen molar-refractivity contribution in [3.63, 3.8) is 0 Å². The molecule has 3 heterocycles. The minimum Gasteiger partial charge on any atom is -0.395 e. The summed E-state index contributed by atoms with van der Waals surface area (Å²) in [6.45, 7) is 2.43. The molecule has 16 heavy (non-hydrogen) atoms. The Bertz CT molecular complexity index is 654. The average molecular weight is 218 g/mol. The molecule has 7 nitrogen and oxygen atoms in total. The highest BCUT2D eigenvalue weighted by atomic mass is 16.3. The molecule has 0 spiro atoms. The maximum Gasteiger partial charge on any atom is 0.178 e. The number of aliphatic hydroxyl groups excluding tert-OH is 1. The molecule has 3 aromatic heterocycles. The molecule has 1 N–H and O–H groups in total. The standard InChI is InChI=1S/C9H10N6O/c1-6-8-9(14(2-3-16)5-10-8)15-7(12-6)4-11-13-15/h4-5,16H,2-3H2,1H3. The Kier molecular flexibility index (Phi) is 1.87. The van der Waals surface area contributed by atoms with Crippen molar-refractivity contribution in [2.45, 2.75) is 13.5 Å². The molecular weight excluding hydrogens is 208 g/mol. The molecule has 0 radical (unpaired) electrons. The van der Waals surface area contributed by atoms with Gasteiger partial charge in [-0.3, -0.25) is 0 Å². The smallest absolute Gasteiger partial charge is 0.178 e. The zero-order valence-corrected chi connectivity index (χ0v) is 8.70. The number of aryl methyl sites for hydroxylation is 1. The van der Waals surface area contributed by atoms with Crippen LogP contribution in [0.5, 0.6) is 0 Å². The normalized spacial score (nSPS) is 11.6. The fraction of sp³-hybridized carbons (Fsp3) is 0.333. The first-order valence-corrected chi connectivity index (χ1v) is 4.94. The summed E-state index contributed by atoms with van der Waals surface area (Å²) in [5.41, 5.74) is 3.12. The predicted molar refractivity (Wildman–Crippen MR) is 55.9 cm³/mol. The van der Waals surface area contributed by atoms with Gasteiger partial charge in [-0.25, -0.2) is 9.97 Å². The highest BCUT2D eigenvalue weighted by molar-refractivity contribution is 5.76. The van der Waals surface area contributed by atoms with Crippen molar-refractivity contribution < 1.29 is 5.11 Å². The molecule has 0 saturated heterocycles. The van der Waals surface area contributed by atoms with Crippen LogP contribution in [0.4, 0.5) is 0 Å². The summed E-state index contributed by atoms with van der Waals surface area (Å²) in [4.78, 5) is 8.60. The molecule has 0 saturated carbocycles. The van der Waals surface area contributed by atoms with Crippen LogP contribution in [0.3, 0.4) is 0 Å². The van der Waals surface area contributed by atoms with Gasteiger partial charge in [-0.15, -0.1) is 5.10 Å². The monoisotopic (exact) mass is 218 g/mol. The lowest BCUT2D eigenvalue weighted by Crippen LogP contribution is -2.05. The molecule has 0 aliphatic carbocycles. The van der Waals surface area contributed by atoms with Crippen LogP contribution in [-0.4, -0.2) is 41.1 Å². The Morgan fingerprint density at radius 3 is 3.12 bits per heavy atom. The zero-order valence-electron chi connectivity index (χ0n) is 8.70. The van der Waals surface area contributed by atoms with Crippen molar-refractivity contribution >= 4 is 16.8 Å². The molecular formula is C9H10N6O. The van der Waals surface area contributed by atoms with Gasteiger partial charge in [0.2, 0.25) is 0 Å². The molecule has 0 bridgehead atoms. The van der Waals surface area contributed by atoms with Crippen molar-refractivity contribution in [1.82, 2.24) is 29.4 Å². The Hall–Kier alpha value is -2.02. The Balaban J connectivity index is 2.46. The Labute approximate surface area is 90.4 Å². The van der Waals surface area contributed by atoms with Crippen LogP contribution in [-0.2, 0) is 6.54 Å². The third kappa shape index (κ3) is 1.12. The summed E-state index contributed by atoms with van der Waals surface area (Å²) in [6.07, 6.45) is 3.28. The van der Waals surface area contributed by atoms with E-state index in [4.69, 9.17) is 5.11 Å². The van der Waals surface area contributed by atoms with Crippen LogP contribution < -0.4 is 0 Å². The number of hydrogen-bond donors (Lipinski definition) is 1. The van der Waals surface area contributed by atoms with E-state index in [1.807, 2.05) is 11.5 Å². The predicted octanol–water partition coefficient (Wildman–Crippen LogP) is -0.225. The summed E-state index contributed by atoms with van der Waals surface area (Å²) in [6, 6.07) is 0. The van der Waals surface area contributed by atoms with Gasteiger partial charge < -0.3 is 9.67 Å². The van der Waals surface area contributed by atoms with Crippen LogP contribution in [0.2, 0.25) is 0 Å². The molecule has 0 fully saturated rings. The van der Waals surface area contributed by atoms with Crippen LogP contribution in [0.1, 0.15) is 5.69 Å². The topological polar surface area (TPSA) is 81.1 Å². The van der Waals surface area contributed by atoms with E-state index >= 15 is 0 Å². The summed E-state index contributed by atoms with van der Waals surface area (Å²) >= 11 is 0. The number of fused-ring (bicyclic) bond motifs is 3. The van der Waals surface area contributed by atoms with E-state index in [2.05, 4.69) is 20.3 Å². The van der Waals surface area contributed by atoms with E-state index in [0.29, 0.717) is 12.2 Å². The third-order valence-electron chi connectivity index (χ3n) is 2.51. The second-order valence-electron chi connectivity index (χ2n) is 3.54. The number of hydrogen-bond acceptors (Lipinski definition) is 5. The largest absolute Gasteiger partial charge is 0.395 e. The SMILES string of the molecule is Cc1nc2cnnn2c2c1ncn2CCO. The highest BCUT2D eigenvalue weighted by Crippen LogP contribution is 2.16. The fourth-order valence-corrected chi connectivity index (χ4v) is 1.81. The minimum atomic E-state index is 0.0586. The maximum atomic E-state index is 8.98. The number of rotatable bonds is 2. The number of nitrogens with zero attached hydrogens (tertiary/aromatic N) is 6. The van der Waals surface area contributed by atoms with Gasteiger partial charge in [0.15, 0.2) is 11.3 Å². The van der Waals surface area contributed by atoms with Gasteiger partial charge in [-0.1, -0.05) is 5.21 Å². The Morgan fingerprint density at radius 1 is 1.44 bits per heavy atom. The highest BCUT2D eigenvalue weighted by Gasteiger charge is 2.12. The molecule has 0 aromatic carbocycles. The molecule has 0 aliphatic heterocycles. The van der Waals surface area contributed by atoms with E-state index in [1.54, 1.807) is 17.0 Å². The minimum absolute atomic E-state index is 0.0586. The lowest BCUT2D eigenvalue weighted by molar-refractivity contribution is 0.277. The van der Waals surface area contributed by atoms with Gasteiger partial charge in [0.1, 0.15) is 5.52 Å². The molecule has 0 amide bonds. The summed E-state index contributed by atoms with van der Waals surface area (Å²) in [7, 11) is 0. The molecule has 3 aromatic rings. The van der Waals surface area contributed by atoms with E-state index in [0.717, 1.165) is 16.9 Å². The van der Waals surface area contributed by atoms with Crippen molar-refractivity contribution in [2.24, 2.45) is 0 Å². The lowest BCUT2D eigenvalue weighted by Gasteiger charge is -2.03. The average Bonchev–Trinajstić information content (AvgIpc) is 2.84. The summed E-state index contributed by atoms with van der Waals surface area (Å²) < 4.78 is 3.47. The van der Waals surface area contributed by atoms with E-state index < -0.39 is 0 Å².